The first kappa shape index (κ1) is 14.2. The van der Waals surface area contributed by atoms with Crippen LogP contribution in [0.3, 0.4) is 0 Å². The van der Waals surface area contributed by atoms with Gasteiger partial charge in [-0.3, -0.25) is 4.79 Å². The van der Waals surface area contributed by atoms with Crippen LogP contribution in [0.5, 0.6) is 5.75 Å². The van der Waals surface area contributed by atoms with Gasteiger partial charge in [-0.1, -0.05) is 36.4 Å². The van der Waals surface area contributed by atoms with E-state index in [1.165, 1.54) is 17.4 Å². The lowest BCUT2D eigenvalue weighted by molar-refractivity contribution is 0.158. The van der Waals surface area contributed by atoms with E-state index in [0.29, 0.717) is 11.1 Å². The lowest BCUT2D eigenvalue weighted by Gasteiger charge is -2.12. The molecule has 1 aromatic heterocycles. The molecule has 4 heteroatoms. The minimum absolute atomic E-state index is 0.187. The molecule has 0 N–H and O–H groups in total. The third kappa shape index (κ3) is 2.55. The molecule has 22 heavy (non-hydrogen) atoms. The van der Waals surface area contributed by atoms with E-state index in [4.69, 9.17) is 9.57 Å². The van der Waals surface area contributed by atoms with Crippen LogP contribution in [-0.4, -0.2) is 19.0 Å². The predicted octanol–water partition coefficient (Wildman–Crippen LogP) is 2.66. The SMILES string of the molecule is COc1ccc2c(Cc3ccccc3)cn(OC)c(=O)c2c1. The van der Waals surface area contributed by atoms with E-state index < -0.39 is 0 Å². The Hall–Kier alpha value is -2.75. The fourth-order valence-corrected chi connectivity index (χ4v) is 2.59. The van der Waals surface area contributed by atoms with Gasteiger partial charge in [0, 0.05) is 0 Å². The topological polar surface area (TPSA) is 40.5 Å². The summed E-state index contributed by atoms with van der Waals surface area (Å²) in [6, 6.07) is 15.7. The van der Waals surface area contributed by atoms with Crippen LogP contribution >= 0.6 is 0 Å². The first-order chi connectivity index (χ1) is 10.7. The number of aromatic nitrogens is 1. The van der Waals surface area contributed by atoms with Gasteiger partial charge in [-0.25, -0.2) is 0 Å². The van der Waals surface area contributed by atoms with Crippen LogP contribution in [0.4, 0.5) is 0 Å². The van der Waals surface area contributed by atoms with Gasteiger partial charge in [-0.15, -0.1) is 0 Å². The first-order valence-electron chi connectivity index (χ1n) is 7.03. The molecule has 3 aromatic rings. The fourth-order valence-electron chi connectivity index (χ4n) is 2.59. The van der Waals surface area contributed by atoms with Gasteiger partial charge in [0.05, 0.1) is 18.7 Å². The zero-order valence-electron chi connectivity index (χ0n) is 12.6. The Morgan fingerprint density at radius 2 is 1.77 bits per heavy atom. The normalized spacial score (nSPS) is 10.6. The average molecular weight is 295 g/mol. The van der Waals surface area contributed by atoms with Crippen molar-refractivity contribution in [3.8, 4) is 5.75 Å². The number of nitrogens with zero attached hydrogens (tertiary/aromatic N) is 1. The quantitative estimate of drug-likeness (QED) is 0.743. The third-order valence-electron chi connectivity index (χ3n) is 3.71. The second kappa shape index (κ2) is 5.93. The molecule has 0 amide bonds. The van der Waals surface area contributed by atoms with Crippen LogP contribution in [0.2, 0.25) is 0 Å². The molecule has 0 radical (unpaired) electrons. The van der Waals surface area contributed by atoms with E-state index in [2.05, 4.69) is 12.1 Å². The molecule has 0 unspecified atom stereocenters. The highest BCUT2D eigenvalue weighted by Gasteiger charge is 2.11. The molecule has 3 rings (SSSR count). The van der Waals surface area contributed by atoms with E-state index in [-0.39, 0.29) is 5.56 Å². The van der Waals surface area contributed by atoms with Crippen molar-refractivity contribution in [2.45, 2.75) is 6.42 Å². The highest BCUT2D eigenvalue weighted by atomic mass is 16.6. The van der Waals surface area contributed by atoms with Gasteiger partial charge in [0.25, 0.3) is 5.56 Å². The van der Waals surface area contributed by atoms with Gasteiger partial charge in [0.15, 0.2) is 0 Å². The fraction of sp³-hybridized carbons (Fsp3) is 0.167. The predicted molar refractivity (Wildman–Crippen MR) is 86.5 cm³/mol. The maximum absolute atomic E-state index is 12.4. The zero-order chi connectivity index (χ0) is 15.5. The molecule has 112 valence electrons. The van der Waals surface area contributed by atoms with Crippen molar-refractivity contribution >= 4 is 10.8 Å². The molecule has 4 nitrogen and oxygen atoms in total. The Morgan fingerprint density at radius 3 is 2.45 bits per heavy atom. The van der Waals surface area contributed by atoms with Gasteiger partial charge in [0.1, 0.15) is 12.9 Å². The van der Waals surface area contributed by atoms with Crippen molar-refractivity contribution in [3.63, 3.8) is 0 Å². The highest BCUT2D eigenvalue weighted by Crippen LogP contribution is 2.23. The van der Waals surface area contributed by atoms with E-state index >= 15 is 0 Å². The van der Waals surface area contributed by atoms with Gasteiger partial charge >= 0.3 is 0 Å². The monoisotopic (exact) mass is 295 g/mol. The van der Waals surface area contributed by atoms with Crippen LogP contribution in [0.25, 0.3) is 10.8 Å². The van der Waals surface area contributed by atoms with Crippen LogP contribution in [0, 0.1) is 0 Å². The molecular formula is C18H17NO3. The molecule has 0 saturated carbocycles. The minimum Gasteiger partial charge on any atom is -0.497 e. The van der Waals surface area contributed by atoms with Crippen LogP contribution in [0.15, 0.2) is 59.5 Å². The molecule has 0 aliphatic heterocycles. The van der Waals surface area contributed by atoms with Crippen molar-refractivity contribution in [1.29, 1.82) is 0 Å². The Morgan fingerprint density at radius 1 is 1.00 bits per heavy atom. The summed E-state index contributed by atoms with van der Waals surface area (Å²) in [5, 5.41) is 1.51. The number of ether oxygens (including phenoxy) is 1. The number of fused-ring (bicyclic) bond motifs is 1. The summed E-state index contributed by atoms with van der Waals surface area (Å²) in [7, 11) is 3.07. The molecule has 0 aliphatic rings. The molecule has 0 atom stereocenters. The maximum Gasteiger partial charge on any atom is 0.290 e. The number of rotatable bonds is 4. The second-order valence-corrected chi connectivity index (χ2v) is 5.04. The van der Waals surface area contributed by atoms with Crippen molar-refractivity contribution in [3.05, 3.63) is 76.2 Å². The summed E-state index contributed by atoms with van der Waals surface area (Å²) >= 11 is 0. The summed E-state index contributed by atoms with van der Waals surface area (Å²) in [5.41, 5.74) is 2.03. The van der Waals surface area contributed by atoms with Gasteiger partial charge < -0.3 is 9.57 Å². The Bertz CT molecular complexity index is 853. The summed E-state index contributed by atoms with van der Waals surface area (Å²) in [4.78, 5) is 17.6. The second-order valence-electron chi connectivity index (χ2n) is 5.04. The minimum atomic E-state index is -0.187. The van der Waals surface area contributed by atoms with E-state index in [9.17, 15) is 4.79 Å². The molecule has 0 aliphatic carbocycles. The van der Waals surface area contributed by atoms with Crippen molar-refractivity contribution < 1.29 is 9.57 Å². The van der Waals surface area contributed by atoms with Crippen LogP contribution in [0.1, 0.15) is 11.1 Å². The van der Waals surface area contributed by atoms with E-state index in [0.717, 1.165) is 17.4 Å². The molecule has 0 fully saturated rings. The largest absolute Gasteiger partial charge is 0.497 e. The average Bonchev–Trinajstić information content (AvgIpc) is 2.58. The van der Waals surface area contributed by atoms with Gasteiger partial charge in [-0.05, 0) is 35.1 Å². The molecular weight excluding hydrogens is 278 g/mol. The van der Waals surface area contributed by atoms with Crippen molar-refractivity contribution in [2.75, 3.05) is 14.2 Å². The van der Waals surface area contributed by atoms with Gasteiger partial charge in [-0.2, -0.15) is 4.73 Å². The Kier molecular flexibility index (Phi) is 3.83. The third-order valence-corrected chi connectivity index (χ3v) is 3.71. The van der Waals surface area contributed by atoms with E-state index in [1.807, 2.05) is 30.3 Å². The Balaban J connectivity index is 2.20. The summed E-state index contributed by atoms with van der Waals surface area (Å²) in [6.45, 7) is 0. The number of methoxy groups -OCH3 is 1. The zero-order valence-corrected chi connectivity index (χ0v) is 12.6. The molecule has 0 spiro atoms. The van der Waals surface area contributed by atoms with E-state index in [1.54, 1.807) is 19.4 Å². The van der Waals surface area contributed by atoms with Gasteiger partial charge in [0.2, 0.25) is 0 Å². The standard InChI is InChI=1S/C18H17NO3/c1-21-15-8-9-16-14(10-13-6-4-3-5-7-13)12-19(22-2)18(20)17(16)11-15/h3-9,11-12H,10H2,1-2H3. The molecule has 2 aromatic carbocycles. The van der Waals surface area contributed by atoms with Crippen molar-refractivity contribution in [1.82, 2.24) is 4.73 Å². The number of pyridine rings is 1. The molecule has 0 bridgehead atoms. The smallest absolute Gasteiger partial charge is 0.290 e. The summed E-state index contributed by atoms with van der Waals surface area (Å²) in [5.74, 6) is 0.657. The number of benzene rings is 2. The number of hydrogen-bond donors (Lipinski definition) is 0. The van der Waals surface area contributed by atoms with Crippen LogP contribution in [-0.2, 0) is 6.42 Å². The van der Waals surface area contributed by atoms with Crippen LogP contribution < -0.4 is 15.1 Å². The number of hydrogen-bond acceptors (Lipinski definition) is 3. The molecule has 1 heterocycles. The molecule has 0 saturated heterocycles. The maximum atomic E-state index is 12.4. The lowest BCUT2D eigenvalue weighted by Crippen LogP contribution is -2.25. The lowest BCUT2D eigenvalue weighted by atomic mass is 10.0. The highest BCUT2D eigenvalue weighted by molar-refractivity contribution is 5.86. The Labute approximate surface area is 128 Å². The summed E-state index contributed by atoms with van der Waals surface area (Å²) < 4.78 is 6.48. The van der Waals surface area contributed by atoms with Crippen molar-refractivity contribution in [2.24, 2.45) is 0 Å². The summed E-state index contributed by atoms with van der Waals surface area (Å²) in [6.07, 6.45) is 2.48. The first-order valence-corrected chi connectivity index (χ1v) is 7.03.